The molecule has 1 N–H and O–H groups in total. The van der Waals surface area contributed by atoms with E-state index in [2.05, 4.69) is 5.32 Å². The molecule has 0 aromatic heterocycles. The van der Waals surface area contributed by atoms with Gasteiger partial charge in [-0.05, 0) is 27.0 Å². The van der Waals surface area contributed by atoms with Crippen molar-refractivity contribution in [3.8, 4) is 17.2 Å². The average Bonchev–Trinajstić information content (AvgIpc) is 2.86. The molecule has 1 aromatic rings. The molecule has 0 amide bonds. The Hall–Kier alpha value is -1.46. The van der Waals surface area contributed by atoms with Gasteiger partial charge in [0.2, 0.25) is 6.79 Å². The van der Waals surface area contributed by atoms with Gasteiger partial charge in [-0.1, -0.05) is 0 Å². The lowest BCUT2D eigenvalue weighted by atomic mass is 10.1. The van der Waals surface area contributed by atoms with Crippen LogP contribution in [0.2, 0.25) is 0 Å². The number of hydrogen-bond donors (Lipinski definition) is 1. The number of ether oxygens (including phenoxy) is 4. The van der Waals surface area contributed by atoms with Crippen LogP contribution in [0.1, 0.15) is 25.8 Å². The van der Waals surface area contributed by atoms with Crippen LogP contribution in [0.15, 0.2) is 12.1 Å². The molecule has 1 aliphatic heterocycles. The van der Waals surface area contributed by atoms with E-state index in [1.165, 1.54) is 0 Å². The molecule has 0 unspecified atom stereocenters. The van der Waals surface area contributed by atoms with Crippen molar-refractivity contribution < 1.29 is 18.9 Å². The Morgan fingerprint density at radius 2 is 1.95 bits per heavy atom. The highest BCUT2D eigenvalue weighted by molar-refractivity contribution is 5.51. The predicted molar refractivity (Wildman–Crippen MR) is 76.5 cm³/mol. The summed E-state index contributed by atoms with van der Waals surface area (Å²) in [6.45, 7) is 5.68. The molecule has 0 atom stereocenters. The normalized spacial score (nSPS) is 13.6. The van der Waals surface area contributed by atoms with E-state index in [0.29, 0.717) is 6.61 Å². The molecule has 0 fully saturated rings. The van der Waals surface area contributed by atoms with Gasteiger partial charge in [-0.2, -0.15) is 0 Å². The minimum absolute atomic E-state index is 0.181. The molecule has 0 saturated heterocycles. The number of fused-ring (bicyclic) bond motifs is 1. The molecule has 0 saturated carbocycles. The molecule has 0 radical (unpaired) electrons. The van der Waals surface area contributed by atoms with Crippen molar-refractivity contribution in [2.75, 3.05) is 27.6 Å². The molecule has 20 heavy (non-hydrogen) atoms. The fourth-order valence-corrected chi connectivity index (χ4v) is 1.94. The van der Waals surface area contributed by atoms with Crippen LogP contribution in [0.4, 0.5) is 0 Å². The summed E-state index contributed by atoms with van der Waals surface area (Å²) in [5.41, 5.74) is 0.881. The SMILES string of the molecule is CNCc1cc2c(cc1OCCC(C)(C)OC)OCO2. The van der Waals surface area contributed by atoms with Gasteiger partial charge in [0, 0.05) is 31.7 Å². The lowest BCUT2D eigenvalue weighted by Crippen LogP contribution is -2.25. The van der Waals surface area contributed by atoms with Gasteiger partial charge in [0.15, 0.2) is 11.5 Å². The topological polar surface area (TPSA) is 49.0 Å². The number of rotatable bonds is 7. The van der Waals surface area contributed by atoms with E-state index in [1.807, 2.05) is 33.0 Å². The van der Waals surface area contributed by atoms with Crippen molar-refractivity contribution in [2.24, 2.45) is 0 Å². The van der Waals surface area contributed by atoms with E-state index in [9.17, 15) is 0 Å². The predicted octanol–water partition coefficient (Wildman–Crippen LogP) is 2.33. The molecule has 1 heterocycles. The Balaban J connectivity index is 2.06. The van der Waals surface area contributed by atoms with Crippen molar-refractivity contribution in [3.05, 3.63) is 17.7 Å². The van der Waals surface area contributed by atoms with Gasteiger partial charge in [-0.15, -0.1) is 0 Å². The molecule has 0 spiro atoms. The second kappa shape index (κ2) is 6.33. The molecule has 112 valence electrons. The van der Waals surface area contributed by atoms with E-state index >= 15 is 0 Å². The van der Waals surface area contributed by atoms with Crippen LogP contribution >= 0.6 is 0 Å². The zero-order chi connectivity index (χ0) is 14.6. The van der Waals surface area contributed by atoms with Gasteiger partial charge in [-0.25, -0.2) is 0 Å². The molecule has 1 aliphatic rings. The van der Waals surface area contributed by atoms with Crippen molar-refractivity contribution in [1.29, 1.82) is 0 Å². The summed E-state index contributed by atoms with van der Waals surface area (Å²) in [6, 6.07) is 3.87. The molecule has 5 nitrogen and oxygen atoms in total. The largest absolute Gasteiger partial charge is 0.493 e. The maximum atomic E-state index is 5.90. The average molecular weight is 281 g/mol. The van der Waals surface area contributed by atoms with Gasteiger partial charge in [-0.3, -0.25) is 0 Å². The van der Waals surface area contributed by atoms with Crippen molar-refractivity contribution >= 4 is 0 Å². The Labute approximate surface area is 120 Å². The molecule has 0 aliphatic carbocycles. The van der Waals surface area contributed by atoms with Gasteiger partial charge in [0.25, 0.3) is 0 Å². The van der Waals surface area contributed by atoms with Crippen molar-refractivity contribution in [1.82, 2.24) is 5.32 Å². The third kappa shape index (κ3) is 3.55. The molecule has 2 rings (SSSR count). The molecule has 0 bridgehead atoms. The molecule has 1 aromatic carbocycles. The second-order valence-corrected chi connectivity index (χ2v) is 5.41. The fourth-order valence-electron chi connectivity index (χ4n) is 1.94. The summed E-state index contributed by atoms with van der Waals surface area (Å²) >= 11 is 0. The van der Waals surface area contributed by atoms with Crippen LogP contribution in [0, 0.1) is 0 Å². The van der Waals surface area contributed by atoms with Crippen LogP contribution in [-0.2, 0) is 11.3 Å². The van der Waals surface area contributed by atoms with E-state index in [1.54, 1.807) is 7.11 Å². The van der Waals surface area contributed by atoms with Crippen LogP contribution in [-0.4, -0.2) is 33.2 Å². The van der Waals surface area contributed by atoms with Gasteiger partial charge in [0.05, 0.1) is 12.2 Å². The monoisotopic (exact) mass is 281 g/mol. The molecular weight excluding hydrogens is 258 g/mol. The number of nitrogens with one attached hydrogen (secondary N) is 1. The summed E-state index contributed by atoms with van der Waals surface area (Å²) in [4.78, 5) is 0. The molecular formula is C15H23NO4. The van der Waals surface area contributed by atoms with Crippen LogP contribution < -0.4 is 19.5 Å². The van der Waals surface area contributed by atoms with Crippen molar-refractivity contribution in [2.45, 2.75) is 32.4 Å². The summed E-state index contributed by atoms with van der Waals surface area (Å²) < 4.78 is 22.1. The maximum Gasteiger partial charge on any atom is 0.231 e. The maximum absolute atomic E-state index is 5.90. The van der Waals surface area contributed by atoms with Gasteiger partial charge >= 0.3 is 0 Å². The minimum atomic E-state index is -0.181. The van der Waals surface area contributed by atoms with E-state index in [0.717, 1.165) is 35.8 Å². The summed E-state index contributed by atoms with van der Waals surface area (Å²) in [5, 5.41) is 3.13. The smallest absolute Gasteiger partial charge is 0.231 e. The van der Waals surface area contributed by atoms with E-state index < -0.39 is 0 Å². The highest BCUT2D eigenvalue weighted by Crippen LogP contribution is 2.38. The van der Waals surface area contributed by atoms with Gasteiger partial charge < -0.3 is 24.3 Å². The highest BCUT2D eigenvalue weighted by Gasteiger charge is 2.19. The first-order valence-corrected chi connectivity index (χ1v) is 6.81. The summed E-state index contributed by atoms with van der Waals surface area (Å²) in [6.07, 6.45) is 0.816. The van der Waals surface area contributed by atoms with Crippen LogP contribution in [0.5, 0.6) is 17.2 Å². The second-order valence-electron chi connectivity index (χ2n) is 5.41. The van der Waals surface area contributed by atoms with Crippen LogP contribution in [0.3, 0.4) is 0 Å². The van der Waals surface area contributed by atoms with E-state index in [4.69, 9.17) is 18.9 Å². The summed E-state index contributed by atoms with van der Waals surface area (Å²) in [5.74, 6) is 2.35. The first-order chi connectivity index (χ1) is 9.55. The zero-order valence-corrected chi connectivity index (χ0v) is 12.6. The number of methoxy groups -OCH3 is 1. The Bertz CT molecular complexity index is 459. The lowest BCUT2D eigenvalue weighted by Gasteiger charge is -2.23. The molecule has 5 heteroatoms. The quantitative estimate of drug-likeness (QED) is 0.831. The third-order valence-corrected chi connectivity index (χ3v) is 3.44. The highest BCUT2D eigenvalue weighted by atomic mass is 16.7. The first-order valence-electron chi connectivity index (χ1n) is 6.81. The van der Waals surface area contributed by atoms with Gasteiger partial charge in [0.1, 0.15) is 5.75 Å². The Kier molecular flexibility index (Phi) is 4.73. The fraction of sp³-hybridized carbons (Fsp3) is 0.600. The summed E-state index contributed by atoms with van der Waals surface area (Å²) in [7, 11) is 3.62. The zero-order valence-electron chi connectivity index (χ0n) is 12.6. The number of benzene rings is 1. The number of hydrogen-bond acceptors (Lipinski definition) is 5. The first kappa shape index (κ1) is 14.9. The Morgan fingerprint density at radius 1 is 1.25 bits per heavy atom. The minimum Gasteiger partial charge on any atom is -0.493 e. The Morgan fingerprint density at radius 3 is 2.60 bits per heavy atom. The van der Waals surface area contributed by atoms with Crippen molar-refractivity contribution in [3.63, 3.8) is 0 Å². The van der Waals surface area contributed by atoms with Crippen LogP contribution in [0.25, 0.3) is 0 Å². The standard InChI is InChI=1S/C15H23NO4/c1-15(2,17-4)5-6-18-12-8-14-13(19-10-20-14)7-11(12)9-16-3/h7-8,16H,5-6,9-10H2,1-4H3. The lowest BCUT2D eigenvalue weighted by molar-refractivity contribution is 0.00536. The third-order valence-electron chi connectivity index (χ3n) is 3.44. The van der Waals surface area contributed by atoms with E-state index in [-0.39, 0.29) is 12.4 Å².